The summed E-state index contributed by atoms with van der Waals surface area (Å²) in [4.78, 5) is 33.9. The molecule has 0 aliphatic heterocycles. The predicted octanol–water partition coefficient (Wildman–Crippen LogP) is 7.44. The number of hydrogen-bond acceptors (Lipinski definition) is 7. The van der Waals surface area contributed by atoms with Gasteiger partial charge in [-0.15, -0.1) is 23.2 Å². The van der Waals surface area contributed by atoms with Crippen molar-refractivity contribution >= 4 is 58.5 Å². The van der Waals surface area contributed by atoms with E-state index in [9.17, 15) is 25.0 Å². The van der Waals surface area contributed by atoms with Gasteiger partial charge in [0.2, 0.25) is 0 Å². The number of nitro benzene ring substituents is 2. The lowest BCUT2D eigenvalue weighted by atomic mass is 10.2. The zero-order valence-corrected chi connectivity index (χ0v) is 21.5. The van der Waals surface area contributed by atoms with Crippen molar-refractivity contribution in [3.63, 3.8) is 0 Å². The molecule has 0 aromatic heterocycles. The Labute approximate surface area is 229 Å². The predicted molar refractivity (Wildman–Crippen MR) is 153 cm³/mol. The maximum atomic E-state index is 10.5. The first-order chi connectivity index (χ1) is 18.3. The number of nitrogens with zero attached hydrogens (tertiary/aromatic N) is 3. The number of nitrogens with two attached hydrogens (primary N) is 1. The fraction of sp³-hybridized carbons (Fsp3) is 0.0370. The van der Waals surface area contributed by atoms with Gasteiger partial charge in [0, 0.05) is 41.7 Å². The Bertz CT molecular complexity index is 1270. The van der Waals surface area contributed by atoms with E-state index >= 15 is 0 Å². The Balaban J connectivity index is 0.000000292. The zero-order chi connectivity index (χ0) is 28.2. The molecule has 11 heteroatoms. The average molecular weight is 555 g/mol. The Hall–Kier alpha value is -4.60. The summed E-state index contributed by atoms with van der Waals surface area (Å²) in [6.45, 7) is 0. The van der Waals surface area contributed by atoms with Crippen molar-refractivity contribution in [2.75, 3.05) is 11.1 Å². The Morgan fingerprint density at radius 1 is 0.684 bits per heavy atom. The van der Waals surface area contributed by atoms with E-state index in [4.69, 9.17) is 28.9 Å². The minimum absolute atomic E-state index is 0.0641. The molecular formula is C27H24Cl2N4O5. The van der Waals surface area contributed by atoms with Gasteiger partial charge in [-0.2, -0.15) is 0 Å². The minimum Gasteiger partial charge on any atom is -0.399 e. The van der Waals surface area contributed by atoms with Gasteiger partial charge in [0.25, 0.3) is 11.4 Å². The highest BCUT2D eigenvalue weighted by Gasteiger charge is 2.02. The van der Waals surface area contributed by atoms with E-state index < -0.39 is 9.85 Å². The first-order valence-electron chi connectivity index (χ1n) is 10.8. The van der Waals surface area contributed by atoms with Gasteiger partial charge >= 0.3 is 0 Å². The lowest BCUT2D eigenvalue weighted by Crippen LogP contribution is -1.88. The number of hydrogen-bond donors (Lipinski definition) is 1. The molecule has 0 atom stereocenters. The second-order valence-electron chi connectivity index (χ2n) is 6.92. The Morgan fingerprint density at radius 2 is 1.08 bits per heavy atom. The maximum absolute atomic E-state index is 10.5. The monoisotopic (exact) mass is 554 g/mol. The van der Waals surface area contributed by atoms with Crippen LogP contribution in [0.5, 0.6) is 0 Å². The van der Waals surface area contributed by atoms with Crippen LogP contribution in [0.25, 0.3) is 0 Å². The van der Waals surface area contributed by atoms with Crippen molar-refractivity contribution in [2.45, 2.75) is 0 Å². The molecule has 2 N–H and O–H groups in total. The molecule has 4 rings (SSSR count). The van der Waals surface area contributed by atoms with Crippen LogP contribution < -0.4 is 5.73 Å². The van der Waals surface area contributed by atoms with Gasteiger partial charge in [0.05, 0.1) is 20.9 Å². The van der Waals surface area contributed by atoms with Crippen LogP contribution in [0, 0.1) is 20.2 Å². The van der Waals surface area contributed by atoms with Crippen molar-refractivity contribution in [3.05, 3.63) is 141 Å². The summed E-state index contributed by atoms with van der Waals surface area (Å²) in [7, 11) is 0. The van der Waals surface area contributed by atoms with Gasteiger partial charge in [-0.25, -0.2) is 0 Å². The summed E-state index contributed by atoms with van der Waals surface area (Å²) in [5.41, 5.74) is 8.39. The Morgan fingerprint density at radius 3 is 1.45 bits per heavy atom. The summed E-state index contributed by atoms with van der Waals surface area (Å²) in [5, 5.41) is 20.7. The molecule has 38 heavy (non-hydrogen) atoms. The third-order valence-electron chi connectivity index (χ3n) is 4.26. The highest BCUT2D eigenvalue weighted by molar-refractivity contribution is 6.40. The number of carbonyl (C=O) groups excluding carboxylic acids is 1. The first-order valence-corrected chi connectivity index (χ1v) is 11.8. The molecule has 4 aromatic rings. The number of halogens is 2. The summed E-state index contributed by atoms with van der Waals surface area (Å²) < 4.78 is 0. The zero-order valence-electron chi connectivity index (χ0n) is 20.0. The largest absolute Gasteiger partial charge is 0.399 e. The number of nitro groups is 2. The molecule has 196 valence electrons. The van der Waals surface area contributed by atoms with Crippen LogP contribution >= 0.6 is 23.2 Å². The van der Waals surface area contributed by atoms with Crippen LogP contribution in [-0.2, 0) is 0 Å². The Kier molecular flexibility index (Phi) is 15.4. The lowest BCUT2D eigenvalue weighted by molar-refractivity contribution is -0.385. The fourth-order valence-electron chi connectivity index (χ4n) is 2.48. The van der Waals surface area contributed by atoms with Crippen molar-refractivity contribution in [3.8, 4) is 0 Å². The quantitative estimate of drug-likeness (QED) is 0.0677. The summed E-state index contributed by atoms with van der Waals surface area (Å²) in [6.07, 6.45) is 2.56. The summed E-state index contributed by atoms with van der Waals surface area (Å²) >= 11 is 9.53. The van der Waals surface area contributed by atoms with E-state index in [2.05, 4.69) is 4.99 Å². The van der Waals surface area contributed by atoms with E-state index in [1.54, 1.807) is 30.5 Å². The fourth-order valence-corrected chi connectivity index (χ4v) is 2.48. The first kappa shape index (κ1) is 31.4. The van der Waals surface area contributed by atoms with Crippen molar-refractivity contribution < 1.29 is 14.6 Å². The molecule has 0 spiro atoms. The second-order valence-corrected chi connectivity index (χ2v) is 7.73. The van der Waals surface area contributed by atoms with Crippen molar-refractivity contribution in [1.82, 2.24) is 0 Å². The van der Waals surface area contributed by atoms with Crippen LogP contribution in [0.4, 0.5) is 22.7 Å². The van der Waals surface area contributed by atoms with E-state index in [-0.39, 0.29) is 16.7 Å². The average Bonchev–Trinajstić information content (AvgIpc) is 2.94. The topological polar surface area (TPSA) is 142 Å². The number of non-ortho nitro benzene ring substituents is 2. The van der Waals surface area contributed by atoms with Gasteiger partial charge in [-0.3, -0.25) is 30.0 Å². The standard InChI is InChI=1S/C13H10N2O2.C7H6O.C6H6N2O2.CH2Cl2/c16-15(17)13-8-6-12(7-9-13)14-10-11-4-2-1-3-5-11;8-6-7-4-2-1-3-5-7;7-5-1-3-6(4-2-5)8(9)10;2-1-3/h1-10H;1-6H;1-4H,7H2;1H2. The van der Waals surface area contributed by atoms with Crippen molar-refractivity contribution in [2.24, 2.45) is 4.99 Å². The number of carbonyl (C=O) groups is 1. The summed E-state index contributed by atoms with van der Waals surface area (Å²) in [5.74, 6) is 0. The van der Waals surface area contributed by atoms with E-state index in [1.807, 2.05) is 48.5 Å². The highest BCUT2D eigenvalue weighted by Crippen LogP contribution is 2.17. The molecule has 0 aliphatic rings. The molecule has 0 radical (unpaired) electrons. The number of nitrogen functional groups attached to an aromatic ring is 1. The number of anilines is 1. The number of aldehydes is 1. The molecule has 0 bridgehead atoms. The molecule has 0 fully saturated rings. The van der Waals surface area contributed by atoms with E-state index in [0.29, 0.717) is 11.4 Å². The van der Waals surface area contributed by atoms with Gasteiger partial charge in [0.15, 0.2) is 0 Å². The highest BCUT2D eigenvalue weighted by atomic mass is 35.5. The molecule has 9 nitrogen and oxygen atoms in total. The molecule has 0 saturated carbocycles. The smallest absolute Gasteiger partial charge is 0.269 e. The number of rotatable bonds is 5. The van der Waals surface area contributed by atoms with Crippen LogP contribution in [-0.4, -0.2) is 27.7 Å². The summed E-state index contributed by atoms with van der Waals surface area (Å²) in [6, 6.07) is 30.6. The number of alkyl halides is 2. The van der Waals surface area contributed by atoms with Crippen LogP contribution in [0.1, 0.15) is 15.9 Å². The maximum Gasteiger partial charge on any atom is 0.269 e. The molecule has 4 aromatic carbocycles. The lowest BCUT2D eigenvalue weighted by Gasteiger charge is -1.94. The van der Waals surface area contributed by atoms with Crippen LogP contribution in [0.3, 0.4) is 0 Å². The molecule has 0 unspecified atom stereocenters. The molecule has 0 heterocycles. The van der Waals surface area contributed by atoms with Crippen LogP contribution in [0.2, 0.25) is 0 Å². The normalized spacial score (nSPS) is 9.42. The van der Waals surface area contributed by atoms with Gasteiger partial charge < -0.3 is 5.73 Å². The molecule has 0 amide bonds. The van der Waals surface area contributed by atoms with E-state index in [1.165, 1.54) is 36.4 Å². The van der Waals surface area contributed by atoms with E-state index in [0.717, 1.165) is 17.4 Å². The second kappa shape index (κ2) is 18.6. The molecular weight excluding hydrogens is 531 g/mol. The third kappa shape index (κ3) is 13.5. The van der Waals surface area contributed by atoms with Crippen LogP contribution in [0.15, 0.2) is 114 Å². The van der Waals surface area contributed by atoms with Gasteiger partial charge in [0.1, 0.15) is 6.29 Å². The number of benzene rings is 4. The molecule has 0 saturated heterocycles. The van der Waals surface area contributed by atoms with Gasteiger partial charge in [-0.05, 0) is 29.8 Å². The van der Waals surface area contributed by atoms with Gasteiger partial charge in [-0.1, -0.05) is 60.7 Å². The SMILES string of the molecule is ClCCl.Nc1ccc([N+](=O)[O-])cc1.O=Cc1ccccc1.O=[N+]([O-])c1ccc(N=Cc2ccccc2)cc1. The van der Waals surface area contributed by atoms with Crippen molar-refractivity contribution in [1.29, 1.82) is 0 Å². The molecule has 0 aliphatic carbocycles. The third-order valence-corrected chi connectivity index (χ3v) is 4.26. The minimum atomic E-state index is -0.459. The number of aliphatic imine (C=N–C) groups is 1.